The molecule has 0 spiro atoms. The molecule has 2 heterocycles. The molecule has 0 amide bonds. The molecule has 27 heavy (non-hydrogen) atoms. The van der Waals surface area contributed by atoms with Gasteiger partial charge < -0.3 is 9.15 Å². The maximum absolute atomic E-state index is 12.5. The zero-order valence-corrected chi connectivity index (χ0v) is 15.3. The SMILES string of the molecule is CC(=O)COc1ccc2cc(-c3nc(-c4ccccc4)cs3)c(=O)oc2c1. The average molecular weight is 377 g/mol. The number of hydrogen-bond donors (Lipinski definition) is 0. The molecule has 2 aromatic carbocycles. The third-order valence-electron chi connectivity index (χ3n) is 3.95. The van der Waals surface area contributed by atoms with Crippen molar-refractivity contribution in [3.63, 3.8) is 0 Å². The van der Waals surface area contributed by atoms with E-state index in [4.69, 9.17) is 9.15 Å². The lowest BCUT2D eigenvalue weighted by molar-refractivity contribution is -0.118. The molecule has 0 aliphatic rings. The molecule has 0 saturated carbocycles. The van der Waals surface area contributed by atoms with Gasteiger partial charge in [0.1, 0.15) is 22.9 Å². The molecular formula is C21H15NO4S. The largest absolute Gasteiger partial charge is 0.486 e. The Hall–Kier alpha value is -3.25. The summed E-state index contributed by atoms with van der Waals surface area (Å²) in [5, 5.41) is 3.30. The van der Waals surface area contributed by atoms with E-state index in [1.807, 2.05) is 35.7 Å². The third kappa shape index (κ3) is 3.66. The van der Waals surface area contributed by atoms with E-state index in [-0.39, 0.29) is 12.4 Å². The van der Waals surface area contributed by atoms with Gasteiger partial charge in [0, 0.05) is 22.4 Å². The lowest BCUT2D eigenvalue weighted by atomic mass is 10.1. The molecule has 0 aliphatic heterocycles. The van der Waals surface area contributed by atoms with Gasteiger partial charge >= 0.3 is 5.63 Å². The van der Waals surface area contributed by atoms with Gasteiger partial charge in [-0.05, 0) is 25.1 Å². The highest BCUT2D eigenvalue weighted by Gasteiger charge is 2.13. The zero-order chi connectivity index (χ0) is 18.8. The Morgan fingerprint density at radius 3 is 2.74 bits per heavy atom. The summed E-state index contributed by atoms with van der Waals surface area (Å²) in [6.07, 6.45) is 0. The van der Waals surface area contributed by atoms with E-state index >= 15 is 0 Å². The maximum Gasteiger partial charge on any atom is 0.346 e. The Morgan fingerprint density at radius 1 is 1.15 bits per heavy atom. The van der Waals surface area contributed by atoms with Crippen LogP contribution in [0.5, 0.6) is 5.75 Å². The van der Waals surface area contributed by atoms with Crippen molar-refractivity contribution >= 4 is 28.1 Å². The fourth-order valence-electron chi connectivity index (χ4n) is 2.65. The number of ether oxygens (including phenoxy) is 1. The number of benzene rings is 2. The smallest absolute Gasteiger partial charge is 0.346 e. The van der Waals surface area contributed by atoms with Gasteiger partial charge in [0.15, 0.2) is 5.78 Å². The first-order chi connectivity index (χ1) is 13.1. The highest BCUT2D eigenvalue weighted by Crippen LogP contribution is 2.29. The minimum Gasteiger partial charge on any atom is -0.486 e. The zero-order valence-electron chi connectivity index (χ0n) is 14.5. The van der Waals surface area contributed by atoms with Gasteiger partial charge in [0.25, 0.3) is 0 Å². The van der Waals surface area contributed by atoms with E-state index in [0.717, 1.165) is 16.6 Å². The standard InChI is InChI=1S/C21H15NO4S/c1-13(23)11-25-16-8-7-15-9-17(21(24)26-19(15)10-16)20-22-18(12-27-20)14-5-3-2-4-6-14/h2-10,12H,11H2,1H3. The number of hydrogen-bond acceptors (Lipinski definition) is 6. The molecule has 4 rings (SSSR count). The van der Waals surface area contributed by atoms with Gasteiger partial charge in [0.05, 0.1) is 11.3 Å². The second-order valence-electron chi connectivity index (χ2n) is 6.04. The number of carbonyl (C=O) groups is 1. The van der Waals surface area contributed by atoms with Crippen molar-refractivity contribution in [3.05, 3.63) is 70.4 Å². The number of carbonyl (C=O) groups excluding carboxylic acids is 1. The molecule has 0 unspecified atom stereocenters. The van der Waals surface area contributed by atoms with E-state index in [0.29, 0.717) is 21.9 Å². The monoisotopic (exact) mass is 377 g/mol. The Kier molecular flexibility index (Phi) is 4.56. The normalized spacial score (nSPS) is 10.9. The Morgan fingerprint density at radius 2 is 1.96 bits per heavy atom. The van der Waals surface area contributed by atoms with Crippen LogP contribution < -0.4 is 10.4 Å². The number of Topliss-reactive ketones (excluding diaryl/α,β-unsaturated/α-hetero) is 1. The van der Waals surface area contributed by atoms with Crippen LogP contribution in [0, 0.1) is 0 Å². The van der Waals surface area contributed by atoms with Crippen LogP contribution in [0.3, 0.4) is 0 Å². The van der Waals surface area contributed by atoms with Crippen LogP contribution in [0.25, 0.3) is 32.8 Å². The molecule has 0 atom stereocenters. The lowest BCUT2D eigenvalue weighted by Crippen LogP contribution is -2.06. The molecule has 4 aromatic rings. The van der Waals surface area contributed by atoms with E-state index < -0.39 is 5.63 Å². The summed E-state index contributed by atoms with van der Waals surface area (Å²) in [7, 11) is 0. The summed E-state index contributed by atoms with van der Waals surface area (Å²) in [6, 6.07) is 16.7. The number of rotatable bonds is 5. The van der Waals surface area contributed by atoms with Crippen molar-refractivity contribution < 1.29 is 13.9 Å². The van der Waals surface area contributed by atoms with Crippen LogP contribution >= 0.6 is 11.3 Å². The van der Waals surface area contributed by atoms with Crippen molar-refractivity contribution in [1.29, 1.82) is 0 Å². The number of thiazole rings is 1. The predicted octanol–water partition coefficient (Wildman–Crippen LogP) is 4.55. The summed E-state index contributed by atoms with van der Waals surface area (Å²) in [5.41, 5.74) is 2.19. The van der Waals surface area contributed by atoms with Crippen LogP contribution in [0.2, 0.25) is 0 Å². The number of aromatic nitrogens is 1. The molecule has 0 N–H and O–H groups in total. The second kappa shape index (κ2) is 7.17. The average Bonchev–Trinajstić information content (AvgIpc) is 3.16. The molecule has 0 fully saturated rings. The molecule has 134 valence electrons. The van der Waals surface area contributed by atoms with Crippen molar-refractivity contribution in [3.8, 4) is 27.6 Å². The molecule has 6 heteroatoms. The minimum atomic E-state index is -0.458. The molecule has 5 nitrogen and oxygen atoms in total. The van der Waals surface area contributed by atoms with E-state index in [1.54, 1.807) is 24.3 Å². The fourth-order valence-corrected chi connectivity index (χ4v) is 3.49. The second-order valence-corrected chi connectivity index (χ2v) is 6.90. The van der Waals surface area contributed by atoms with Crippen LogP contribution in [0.4, 0.5) is 0 Å². The van der Waals surface area contributed by atoms with E-state index in [1.165, 1.54) is 18.3 Å². The summed E-state index contributed by atoms with van der Waals surface area (Å²) in [4.78, 5) is 28.1. The predicted molar refractivity (Wildman–Crippen MR) is 105 cm³/mol. The van der Waals surface area contributed by atoms with Gasteiger partial charge in [-0.25, -0.2) is 9.78 Å². The summed E-state index contributed by atoms with van der Waals surface area (Å²) in [6.45, 7) is 1.43. The van der Waals surface area contributed by atoms with Gasteiger partial charge in [-0.3, -0.25) is 4.79 Å². The van der Waals surface area contributed by atoms with Crippen LogP contribution in [0.15, 0.2) is 69.2 Å². The van der Waals surface area contributed by atoms with Crippen molar-refractivity contribution in [2.24, 2.45) is 0 Å². The Balaban J connectivity index is 1.70. The molecule has 2 aromatic heterocycles. The van der Waals surface area contributed by atoms with Crippen molar-refractivity contribution in [2.75, 3.05) is 6.61 Å². The van der Waals surface area contributed by atoms with Crippen LogP contribution in [-0.4, -0.2) is 17.4 Å². The van der Waals surface area contributed by atoms with Crippen molar-refractivity contribution in [2.45, 2.75) is 6.92 Å². The Labute approximate surface area is 158 Å². The molecular weight excluding hydrogens is 362 g/mol. The van der Waals surface area contributed by atoms with Crippen molar-refractivity contribution in [1.82, 2.24) is 4.98 Å². The minimum absolute atomic E-state index is 0.0187. The maximum atomic E-state index is 12.5. The van der Waals surface area contributed by atoms with Gasteiger partial charge in [-0.2, -0.15) is 0 Å². The highest BCUT2D eigenvalue weighted by molar-refractivity contribution is 7.13. The van der Waals surface area contributed by atoms with E-state index in [2.05, 4.69) is 4.98 Å². The number of fused-ring (bicyclic) bond motifs is 1. The summed E-state index contributed by atoms with van der Waals surface area (Å²) < 4.78 is 10.8. The first kappa shape index (κ1) is 17.2. The Bertz CT molecular complexity index is 1180. The molecule has 0 radical (unpaired) electrons. The summed E-state index contributed by atoms with van der Waals surface area (Å²) in [5.74, 6) is 0.402. The number of ketones is 1. The first-order valence-corrected chi connectivity index (χ1v) is 9.19. The molecule has 0 aliphatic carbocycles. The van der Waals surface area contributed by atoms with Gasteiger partial charge in [0.2, 0.25) is 0 Å². The first-order valence-electron chi connectivity index (χ1n) is 8.31. The molecule has 0 saturated heterocycles. The molecule has 0 bridgehead atoms. The number of nitrogens with zero attached hydrogens (tertiary/aromatic N) is 1. The third-order valence-corrected chi connectivity index (χ3v) is 4.83. The topological polar surface area (TPSA) is 69.4 Å². The fraction of sp³-hybridized carbons (Fsp3) is 0.0952. The summed E-state index contributed by atoms with van der Waals surface area (Å²) >= 11 is 1.40. The lowest BCUT2D eigenvalue weighted by Gasteiger charge is -2.05. The van der Waals surface area contributed by atoms with Gasteiger partial charge in [-0.1, -0.05) is 30.3 Å². The van der Waals surface area contributed by atoms with Crippen LogP contribution in [0.1, 0.15) is 6.92 Å². The quantitative estimate of drug-likeness (QED) is 0.477. The highest BCUT2D eigenvalue weighted by atomic mass is 32.1. The van der Waals surface area contributed by atoms with E-state index in [9.17, 15) is 9.59 Å². The van der Waals surface area contributed by atoms with Crippen LogP contribution in [-0.2, 0) is 4.79 Å². The van der Waals surface area contributed by atoms with Gasteiger partial charge in [-0.15, -0.1) is 11.3 Å².